The Balaban J connectivity index is 4.08. The lowest BCUT2D eigenvalue weighted by Gasteiger charge is -2.18. The van der Waals surface area contributed by atoms with Crippen LogP contribution in [0.4, 0.5) is 0 Å². The van der Waals surface area contributed by atoms with Crippen LogP contribution in [0, 0.1) is 0 Å². The second-order valence-electron chi connectivity index (χ2n) is 2.60. The fourth-order valence-corrected chi connectivity index (χ4v) is 3.61. The molecule has 0 aliphatic rings. The van der Waals surface area contributed by atoms with Crippen LogP contribution >= 0.6 is 23.5 Å². The number of halogens is 1. The number of rotatable bonds is 6. The van der Waals surface area contributed by atoms with E-state index in [1.807, 2.05) is 20.8 Å². The van der Waals surface area contributed by atoms with Crippen LogP contribution in [-0.4, -0.2) is 24.2 Å². The molecule has 12 heavy (non-hydrogen) atoms. The van der Waals surface area contributed by atoms with Crippen LogP contribution in [0.3, 0.4) is 0 Å². The lowest BCUT2D eigenvalue weighted by Crippen LogP contribution is -2.06. The maximum absolute atomic E-state index is 11.7. The van der Waals surface area contributed by atoms with Crippen LogP contribution in [0.1, 0.15) is 20.8 Å². The summed E-state index contributed by atoms with van der Waals surface area (Å²) in [4.78, 5) is 0. The minimum Gasteiger partial charge on any atom is -0.309 e. The molecule has 0 aromatic carbocycles. The van der Waals surface area contributed by atoms with Gasteiger partial charge in [-0.3, -0.25) is 4.57 Å². The van der Waals surface area contributed by atoms with Gasteiger partial charge in [0.2, 0.25) is 0 Å². The highest BCUT2D eigenvalue weighted by Crippen LogP contribution is 2.49. The van der Waals surface area contributed by atoms with E-state index in [9.17, 15) is 4.57 Å². The van der Waals surface area contributed by atoms with Crippen LogP contribution in [0.5, 0.6) is 0 Å². The van der Waals surface area contributed by atoms with Gasteiger partial charge in [-0.15, -0.1) is 0 Å². The highest BCUT2D eigenvalue weighted by Gasteiger charge is 2.24. The summed E-state index contributed by atoms with van der Waals surface area (Å²) < 4.78 is 22.1. The Kier molecular flexibility index (Phi) is 6.46. The summed E-state index contributed by atoms with van der Waals surface area (Å²) in [7, 11) is -2.82. The number of hydrogen-bond donors (Lipinski definition) is 0. The van der Waals surface area contributed by atoms with E-state index >= 15 is 0 Å². The fraction of sp³-hybridized carbons (Fsp3) is 1.00. The van der Waals surface area contributed by atoms with Gasteiger partial charge in [-0.2, -0.15) is 0 Å². The van der Waals surface area contributed by atoms with Crippen molar-refractivity contribution in [2.45, 2.75) is 26.9 Å². The molecule has 0 spiro atoms. The van der Waals surface area contributed by atoms with Crippen molar-refractivity contribution >= 4 is 23.5 Å². The molecule has 0 rings (SSSR count). The predicted octanol–water partition coefficient (Wildman–Crippen LogP) is 3.04. The smallest absolute Gasteiger partial charge is 0.309 e. The molecule has 5 heteroatoms. The van der Waals surface area contributed by atoms with Crippen LogP contribution < -0.4 is 0 Å². The molecule has 0 heterocycles. The molecule has 0 N–H and O–H groups in total. The molecule has 0 aliphatic carbocycles. The Labute approximate surface area is 82.5 Å². The van der Waals surface area contributed by atoms with Crippen molar-refractivity contribution in [1.82, 2.24) is 0 Å². The molecular formula is C7H16BrO3P. The fourth-order valence-electron chi connectivity index (χ4n) is 0.769. The molecule has 0 saturated heterocycles. The van der Waals surface area contributed by atoms with Crippen molar-refractivity contribution in [2.75, 3.05) is 18.1 Å². The van der Waals surface area contributed by atoms with Crippen LogP contribution in [0.2, 0.25) is 0 Å². The maximum Gasteiger partial charge on any atom is 0.331 e. The molecule has 0 aromatic heterocycles. The van der Waals surface area contributed by atoms with E-state index in [1.165, 1.54) is 0 Å². The second-order valence-corrected chi connectivity index (χ2v) is 5.53. The standard InChI is InChI=1S/C7H16BrO3P/c1-4-10-12(9,6-5-8)11-7(2)3/h7H,4-6H2,1-3H3. The van der Waals surface area contributed by atoms with Gasteiger partial charge in [0.1, 0.15) is 0 Å². The van der Waals surface area contributed by atoms with Crippen molar-refractivity contribution in [1.29, 1.82) is 0 Å². The van der Waals surface area contributed by atoms with Gasteiger partial charge < -0.3 is 9.05 Å². The molecule has 0 radical (unpaired) electrons. The molecule has 0 aliphatic heterocycles. The van der Waals surface area contributed by atoms with Gasteiger partial charge in [0.05, 0.1) is 18.9 Å². The Morgan fingerprint density at radius 1 is 1.50 bits per heavy atom. The molecule has 3 nitrogen and oxygen atoms in total. The van der Waals surface area contributed by atoms with E-state index in [0.717, 1.165) is 0 Å². The first-order valence-corrected chi connectivity index (χ1v) is 6.87. The van der Waals surface area contributed by atoms with E-state index in [-0.39, 0.29) is 6.10 Å². The molecule has 1 atom stereocenters. The normalized spacial score (nSPS) is 16.4. The first kappa shape index (κ1) is 12.6. The Morgan fingerprint density at radius 2 is 2.08 bits per heavy atom. The van der Waals surface area contributed by atoms with Crippen molar-refractivity contribution in [3.63, 3.8) is 0 Å². The van der Waals surface area contributed by atoms with Gasteiger partial charge in [-0.25, -0.2) is 0 Å². The lowest BCUT2D eigenvalue weighted by atomic mass is 10.5. The van der Waals surface area contributed by atoms with Crippen LogP contribution in [0.25, 0.3) is 0 Å². The molecular weight excluding hydrogens is 243 g/mol. The average molecular weight is 259 g/mol. The van der Waals surface area contributed by atoms with Crippen molar-refractivity contribution in [3.8, 4) is 0 Å². The zero-order valence-corrected chi connectivity index (χ0v) is 10.2. The van der Waals surface area contributed by atoms with Gasteiger partial charge in [-0.05, 0) is 20.8 Å². The molecule has 0 fully saturated rings. The third-order valence-electron chi connectivity index (χ3n) is 1.06. The SMILES string of the molecule is CCOP(=O)(CCBr)OC(C)C. The van der Waals surface area contributed by atoms with E-state index in [4.69, 9.17) is 9.05 Å². The van der Waals surface area contributed by atoms with Crippen molar-refractivity contribution in [2.24, 2.45) is 0 Å². The summed E-state index contributed by atoms with van der Waals surface area (Å²) in [6, 6.07) is 0. The van der Waals surface area contributed by atoms with Gasteiger partial charge in [-0.1, -0.05) is 15.9 Å². The minimum absolute atomic E-state index is 0.0542. The minimum atomic E-state index is -2.82. The summed E-state index contributed by atoms with van der Waals surface area (Å²) >= 11 is 3.21. The zero-order chi connectivity index (χ0) is 9.61. The summed E-state index contributed by atoms with van der Waals surface area (Å²) in [5.41, 5.74) is 0. The van der Waals surface area contributed by atoms with Crippen molar-refractivity contribution < 1.29 is 13.6 Å². The summed E-state index contributed by atoms with van der Waals surface area (Å²) in [6.07, 6.45) is 0.375. The average Bonchev–Trinajstić information content (AvgIpc) is 1.85. The monoisotopic (exact) mass is 258 g/mol. The number of alkyl halides is 1. The zero-order valence-electron chi connectivity index (χ0n) is 7.75. The van der Waals surface area contributed by atoms with Gasteiger partial charge in [0.25, 0.3) is 0 Å². The van der Waals surface area contributed by atoms with Gasteiger partial charge in [0, 0.05) is 5.33 Å². The Bertz CT molecular complexity index is 151. The van der Waals surface area contributed by atoms with E-state index in [0.29, 0.717) is 18.1 Å². The van der Waals surface area contributed by atoms with Crippen LogP contribution in [0.15, 0.2) is 0 Å². The highest BCUT2D eigenvalue weighted by molar-refractivity contribution is 9.09. The van der Waals surface area contributed by atoms with E-state index in [1.54, 1.807) is 0 Å². The molecule has 0 bridgehead atoms. The number of hydrogen-bond acceptors (Lipinski definition) is 3. The molecule has 0 amide bonds. The first-order valence-electron chi connectivity index (χ1n) is 4.02. The maximum atomic E-state index is 11.7. The molecule has 74 valence electrons. The summed E-state index contributed by atoms with van der Waals surface area (Å²) in [6.45, 7) is 5.93. The summed E-state index contributed by atoms with van der Waals surface area (Å²) in [5.74, 6) is 0. The quantitative estimate of drug-likeness (QED) is 0.543. The van der Waals surface area contributed by atoms with Crippen LogP contribution in [-0.2, 0) is 13.6 Å². The molecule has 1 unspecified atom stereocenters. The second kappa shape index (κ2) is 6.14. The topological polar surface area (TPSA) is 35.5 Å². The highest BCUT2D eigenvalue weighted by atomic mass is 79.9. The summed E-state index contributed by atoms with van der Waals surface area (Å²) in [5, 5.41) is 0.636. The van der Waals surface area contributed by atoms with Gasteiger partial charge >= 0.3 is 7.60 Å². The van der Waals surface area contributed by atoms with E-state index in [2.05, 4.69) is 15.9 Å². The lowest BCUT2D eigenvalue weighted by molar-refractivity contribution is 0.174. The first-order chi connectivity index (χ1) is 5.54. The molecule has 0 aromatic rings. The Morgan fingerprint density at radius 3 is 2.42 bits per heavy atom. The molecule has 0 saturated carbocycles. The van der Waals surface area contributed by atoms with E-state index < -0.39 is 7.60 Å². The largest absolute Gasteiger partial charge is 0.331 e. The van der Waals surface area contributed by atoms with Crippen molar-refractivity contribution in [3.05, 3.63) is 0 Å². The predicted molar refractivity (Wildman–Crippen MR) is 54.1 cm³/mol. The third-order valence-corrected chi connectivity index (χ3v) is 4.23. The Hall–Kier alpha value is 0.630. The third kappa shape index (κ3) is 5.31. The van der Waals surface area contributed by atoms with Gasteiger partial charge in [0.15, 0.2) is 0 Å².